The molecule has 5 heteroatoms. The molecule has 1 saturated heterocycles. The summed E-state index contributed by atoms with van der Waals surface area (Å²) in [5.74, 6) is 0. The van der Waals surface area contributed by atoms with E-state index in [-0.39, 0.29) is 12.1 Å². The monoisotopic (exact) mass is 308 g/mol. The fourth-order valence-electron chi connectivity index (χ4n) is 3.45. The average Bonchev–Trinajstić information content (AvgIpc) is 3.26. The molecule has 23 heavy (non-hydrogen) atoms. The van der Waals surface area contributed by atoms with Gasteiger partial charge in [-0.05, 0) is 37.1 Å². The van der Waals surface area contributed by atoms with Gasteiger partial charge in [-0.1, -0.05) is 47.7 Å². The minimum absolute atomic E-state index is 0.0863. The van der Waals surface area contributed by atoms with Gasteiger partial charge in [-0.2, -0.15) is 0 Å². The molecule has 2 N–H and O–H groups in total. The van der Waals surface area contributed by atoms with Crippen LogP contribution in [0.1, 0.15) is 24.4 Å². The largest absolute Gasteiger partial charge is 0.389 e. The molecule has 1 aliphatic heterocycles. The lowest BCUT2D eigenvalue weighted by molar-refractivity contribution is 0.0915. The summed E-state index contributed by atoms with van der Waals surface area (Å²) in [5, 5.41) is 23.0. The van der Waals surface area contributed by atoms with Crippen LogP contribution in [0.2, 0.25) is 0 Å². The highest BCUT2D eigenvalue weighted by molar-refractivity contribution is 5.74. The van der Waals surface area contributed by atoms with E-state index in [4.69, 9.17) is 0 Å². The number of nitrogens with zero attached hydrogens (tertiary/aromatic N) is 3. The molecule has 0 aliphatic carbocycles. The summed E-state index contributed by atoms with van der Waals surface area (Å²) in [6.07, 6.45) is 1.53. The quantitative estimate of drug-likeness (QED) is 0.775. The third-order valence-corrected chi connectivity index (χ3v) is 4.62. The van der Waals surface area contributed by atoms with Gasteiger partial charge in [0.15, 0.2) is 0 Å². The van der Waals surface area contributed by atoms with Gasteiger partial charge in [0.05, 0.1) is 11.6 Å². The Morgan fingerprint density at radius 3 is 2.65 bits per heavy atom. The number of fused-ring (bicyclic) bond motifs is 1. The van der Waals surface area contributed by atoms with Crippen molar-refractivity contribution in [1.82, 2.24) is 20.3 Å². The van der Waals surface area contributed by atoms with Gasteiger partial charge >= 0.3 is 0 Å². The Hall–Kier alpha value is -2.24. The molecule has 0 radical (unpaired) electrons. The number of aliphatic hydroxyl groups is 1. The van der Waals surface area contributed by atoms with Crippen LogP contribution in [0.4, 0.5) is 0 Å². The average molecular weight is 308 g/mol. The van der Waals surface area contributed by atoms with Crippen molar-refractivity contribution in [3.05, 3.63) is 60.2 Å². The molecule has 5 nitrogen and oxygen atoms in total. The highest BCUT2D eigenvalue weighted by Gasteiger charge is 2.33. The molecule has 118 valence electrons. The molecule has 0 spiro atoms. The van der Waals surface area contributed by atoms with Gasteiger partial charge in [-0.3, -0.25) is 0 Å². The summed E-state index contributed by atoms with van der Waals surface area (Å²) < 4.78 is 1.86. The van der Waals surface area contributed by atoms with Gasteiger partial charge in [0.2, 0.25) is 0 Å². The third-order valence-electron chi connectivity index (χ3n) is 4.62. The first-order valence-electron chi connectivity index (χ1n) is 8.11. The summed E-state index contributed by atoms with van der Waals surface area (Å²) in [6.45, 7) is 0.960. The maximum atomic E-state index is 11.0. The Bertz CT molecular complexity index is 780. The fraction of sp³-hybridized carbons (Fsp3) is 0.333. The molecule has 2 aromatic carbocycles. The summed E-state index contributed by atoms with van der Waals surface area (Å²) >= 11 is 0. The fourth-order valence-corrected chi connectivity index (χ4v) is 3.45. The molecular formula is C18H20N4O. The minimum atomic E-state index is -0.551. The van der Waals surface area contributed by atoms with Crippen LogP contribution < -0.4 is 5.32 Å². The van der Waals surface area contributed by atoms with E-state index in [1.165, 1.54) is 0 Å². The van der Waals surface area contributed by atoms with E-state index in [1.54, 1.807) is 0 Å². The summed E-state index contributed by atoms with van der Waals surface area (Å²) in [4.78, 5) is 0. The van der Waals surface area contributed by atoms with Crippen molar-refractivity contribution in [2.45, 2.75) is 31.0 Å². The number of aromatic nitrogens is 3. The smallest absolute Gasteiger partial charge is 0.113 e. The van der Waals surface area contributed by atoms with E-state index < -0.39 is 6.10 Å². The second-order valence-electron chi connectivity index (χ2n) is 6.07. The van der Waals surface area contributed by atoms with Crippen LogP contribution in [0.5, 0.6) is 0 Å². The Labute approximate surface area is 134 Å². The van der Waals surface area contributed by atoms with Crippen molar-refractivity contribution in [3.8, 4) is 0 Å². The van der Waals surface area contributed by atoms with Crippen LogP contribution in [-0.4, -0.2) is 38.8 Å². The van der Waals surface area contributed by atoms with E-state index >= 15 is 0 Å². The zero-order valence-corrected chi connectivity index (χ0v) is 12.8. The molecule has 0 bridgehead atoms. The van der Waals surface area contributed by atoms with Crippen LogP contribution in [-0.2, 0) is 0 Å². The van der Waals surface area contributed by atoms with E-state index in [1.807, 2.05) is 59.3 Å². The van der Waals surface area contributed by atoms with E-state index in [0.717, 1.165) is 36.0 Å². The number of hydrogen-bond donors (Lipinski definition) is 2. The predicted octanol–water partition coefficient (Wildman–Crippen LogP) is 2.13. The second kappa shape index (κ2) is 6.10. The van der Waals surface area contributed by atoms with Gasteiger partial charge in [-0.25, -0.2) is 4.68 Å². The normalized spacial score (nSPS) is 20.7. The van der Waals surface area contributed by atoms with E-state index in [9.17, 15) is 5.11 Å². The van der Waals surface area contributed by atoms with Crippen molar-refractivity contribution in [1.29, 1.82) is 0 Å². The molecule has 3 aromatic rings. The number of nitrogens with one attached hydrogen (secondary N) is 1. The summed E-state index contributed by atoms with van der Waals surface area (Å²) in [7, 11) is 0. The van der Waals surface area contributed by atoms with Crippen molar-refractivity contribution < 1.29 is 5.11 Å². The molecule has 2 unspecified atom stereocenters. The zero-order chi connectivity index (χ0) is 15.6. The van der Waals surface area contributed by atoms with Crippen LogP contribution in [0.25, 0.3) is 11.0 Å². The van der Waals surface area contributed by atoms with Gasteiger partial charge in [0.1, 0.15) is 11.6 Å². The number of rotatable bonds is 4. The first kappa shape index (κ1) is 14.4. The Kier molecular flexibility index (Phi) is 3.81. The van der Waals surface area contributed by atoms with Gasteiger partial charge in [-0.15, -0.1) is 5.10 Å². The zero-order valence-electron chi connectivity index (χ0n) is 12.8. The molecule has 1 aliphatic rings. The molecular weight excluding hydrogens is 288 g/mol. The standard InChI is InChI=1S/C18H20N4O/c23-18(15-10-6-12-19-15)17(13-7-2-1-3-8-13)22-16-11-5-4-9-14(16)20-21-22/h1-5,7-9,11,15,17-19,23H,6,10,12H2/t15-,17?,18?/m0/s1. The Morgan fingerprint density at radius 2 is 1.87 bits per heavy atom. The lowest BCUT2D eigenvalue weighted by atomic mass is 9.95. The minimum Gasteiger partial charge on any atom is -0.389 e. The highest BCUT2D eigenvalue weighted by atomic mass is 16.3. The number of para-hydroxylation sites is 1. The second-order valence-corrected chi connectivity index (χ2v) is 6.07. The predicted molar refractivity (Wildman–Crippen MR) is 89.1 cm³/mol. The SMILES string of the molecule is OC(C(c1ccccc1)n1nnc2ccccc21)[C@@H]1CCCN1. The number of benzene rings is 2. The first-order valence-corrected chi connectivity index (χ1v) is 8.11. The maximum Gasteiger partial charge on any atom is 0.113 e. The van der Waals surface area contributed by atoms with Crippen molar-refractivity contribution in [3.63, 3.8) is 0 Å². The lowest BCUT2D eigenvalue weighted by Gasteiger charge is -2.28. The topological polar surface area (TPSA) is 63.0 Å². The molecule has 1 fully saturated rings. The maximum absolute atomic E-state index is 11.0. The van der Waals surface area contributed by atoms with Crippen LogP contribution in [0.3, 0.4) is 0 Å². The van der Waals surface area contributed by atoms with Gasteiger partial charge < -0.3 is 10.4 Å². The molecule has 3 atom stereocenters. The summed E-state index contributed by atoms with van der Waals surface area (Å²) in [6, 6.07) is 17.8. The van der Waals surface area contributed by atoms with E-state index in [2.05, 4.69) is 15.6 Å². The van der Waals surface area contributed by atoms with Crippen molar-refractivity contribution >= 4 is 11.0 Å². The molecule has 0 saturated carbocycles. The number of hydrogen-bond acceptors (Lipinski definition) is 4. The van der Waals surface area contributed by atoms with Crippen LogP contribution in [0, 0.1) is 0 Å². The molecule has 1 aromatic heterocycles. The lowest BCUT2D eigenvalue weighted by Crippen LogP contribution is -2.41. The van der Waals surface area contributed by atoms with Crippen molar-refractivity contribution in [2.24, 2.45) is 0 Å². The van der Waals surface area contributed by atoms with Gasteiger partial charge in [0.25, 0.3) is 0 Å². The molecule has 4 rings (SSSR count). The third kappa shape index (κ3) is 2.62. The van der Waals surface area contributed by atoms with Crippen molar-refractivity contribution in [2.75, 3.05) is 6.54 Å². The van der Waals surface area contributed by atoms with Crippen LogP contribution >= 0.6 is 0 Å². The van der Waals surface area contributed by atoms with E-state index in [0.29, 0.717) is 0 Å². The van der Waals surface area contributed by atoms with Crippen LogP contribution in [0.15, 0.2) is 54.6 Å². The van der Waals surface area contributed by atoms with Gasteiger partial charge in [0, 0.05) is 6.04 Å². The first-order chi connectivity index (χ1) is 11.3. The number of aliphatic hydroxyl groups excluding tert-OH is 1. The Balaban J connectivity index is 1.81. The Morgan fingerprint density at radius 1 is 1.09 bits per heavy atom. The highest BCUT2D eigenvalue weighted by Crippen LogP contribution is 2.28. The summed E-state index contributed by atoms with van der Waals surface area (Å²) in [5.41, 5.74) is 2.84. The molecule has 0 amide bonds. The molecule has 2 heterocycles.